The Morgan fingerprint density at radius 1 is 0.688 bits per heavy atom. The lowest BCUT2D eigenvalue weighted by molar-refractivity contribution is 0.598. The van der Waals surface area contributed by atoms with Crippen molar-refractivity contribution in [2.75, 3.05) is 0 Å². The number of nitrogens with two attached hydrogens (primary N) is 1. The lowest BCUT2D eigenvalue weighted by Gasteiger charge is -2.16. The number of pyridine rings is 1. The van der Waals surface area contributed by atoms with Gasteiger partial charge in [0.1, 0.15) is 0 Å². The molecule has 5 aromatic rings. The summed E-state index contributed by atoms with van der Waals surface area (Å²) >= 11 is 0. The molecule has 1 aromatic heterocycles. The van der Waals surface area contributed by atoms with Gasteiger partial charge in [0.25, 0.3) is 0 Å². The van der Waals surface area contributed by atoms with Gasteiger partial charge in [0.2, 0.25) is 10.0 Å². The molecule has 4 aromatic carbocycles. The zero-order chi connectivity index (χ0) is 22.1. The fourth-order valence-electron chi connectivity index (χ4n) is 3.99. The highest BCUT2D eigenvalue weighted by Crippen LogP contribution is 2.22. The molecule has 0 aliphatic rings. The minimum Gasteiger partial charge on any atom is -0.336 e. The molecule has 158 valence electrons. The topological polar surface area (TPSA) is 77.5 Å². The summed E-state index contributed by atoms with van der Waals surface area (Å²) < 4.78 is 25.5. The molecule has 0 aliphatic carbocycles. The molecule has 32 heavy (non-hydrogen) atoms. The zero-order valence-corrected chi connectivity index (χ0v) is 18.0. The monoisotopic (exact) mass is 439 g/mol. The van der Waals surface area contributed by atoms with Gasteiger partial charge in [-0.2, -0.15) is 0 Å². The van der Waals surface area contributed by atoms with Crippen LogP contribution in [0.15, 0.2) is 113 Å². The molecule has 6 heteroatoms. The summed E-state index contributed by atoms with van der Waals surface area (Å²) in [4.78, 5) is 4.99. The van der Waals surface area contributed by atoms with Crippen molar-refractivity contribution < 1.29 is 8.42 Å². The predicted molar refractivity (Wildman–Crippen MR) is 128 cm³/mol. The third-order valence-corrected chi connectivity index (χ3v) is 6.42. The fourth-order valence-corrected chi connectivity index (χ4v) is 4.51. The number of hydrogen-bond acceptors (Lipinski definition) is 3. The minimum absolute atomic E-state index is 0.0694. The Hall–Kier alpha value is -3.74. The van der Waals surface area contributed by atoms with Crippen LogP contribution >= 0.6 is 0 Å². The van der Waals surface area contributed by atoms with E-state index in [9.17, 15) is 8.42 Å². The molecule has 0 saturated heterocycles. The van der Waals surface area contributed by atoms with Crippen LogP contribution in [0.3, 0.4) is 0 Å². The molecule has 5 rings (SSSR count). The van der Waals surface area contributed by atoms with Crippen LogP contribution in [-0.2, 0) is 16.6 Å². The molecule has 0 fully saturated rings. The number of nitrogens with zero attached hydrogens (tertiary/aromatic N) is 2. The average Bonchev–Trinajstić information content (AvgIpc) is 2.81. The second kappa shape index (κ2) is 8.07. The molecule has 0 saturated carbocycles. The molecule has 5 nitrogen and oxygen atoms in total. The molecule has 0 radical (unpaired) electrons. The van der Waals surface area contributed by atoms with Gasteiger partial charge in [-0.3, -0.25) is 0 Å². The number of sulfonamides is 1. The normalized spacial score (nSPS) is 11.7. The molecule has 0 aliphatic heterocycles. The predicted octanol–water partition coefficient (Wildman–Crippen LogP) is 4.72. The Labute approximate surface area is 186 Å². The molecule has 0 unspecified atom stereocenters. The van der Waals surface area contributed by atoms with Gasteiger partial charge >= 0.3 is 0 Å². The van der Waals surface area contributed by atoms with Gasteiger partial charge in [-0.15, -0.1) is 0 Å². The van der Waals surface area contributed by atoms with Crippen LogP contribution < -0.4 is 10.5 Å². The summed E-state index contributed by atoms with van der Waals surface area (Å²) in [6.07, 6.45) is 0. The molecule has 0 atom stereocenters. The Morgan fingerprint density at radius 2 is 1.22 bits per heavy atom. The summed E-state index contributed by atoms with van der Waals surface area (Å²) in [5.74, 6) is 0. The number of aromatic nitrogens is 1. The van der Waals surface area contributed by atoms with Crippen LogP contribution in [0.2, 0.25) is 0 Å². The van der Waals surface area contributed by atoms with Crippen molar-refractivity contribution in [2.24, 2.45) is 10.1 Å². The van der Waals surface area contributed by atoms with E-state index in [-0.39, 0.29) is 4.90 Å². The Morgan fingerprint density at radius 3 is 1.78 bits per heavy atom. The number of para-hydroxylation sites is 2. The van der Waals surface area contributed by atoms with E-state index in [4.69, 9.17) is 10.1 Å². The van der Waals surface area contributed by atoms with Crippen molar-refractivity contribution in [3.05, 3.63) is 114 Å². The second-order valence-electron chi connectivity index (χ2n) is 7.61. The highest BCUT2D eigenvalue weighted by molar-refractivity contribution is 7.89. The summed E-state index contributed by atoms with van der Waals surface area (Å²) in [6.45, 7) is 0.741. The number of primary sulfonamides is 1. The van der Waals surface area contributed by atoms with E-state index in [1.807, 2.05) is 30.3 Å². The van der Waals surface area contributed by atoms with Gasteiger partial charge in [-0.05, 0) is 42.0 Å². The summed E-state index contributed by atoms with van der Waals surface area (Å²) in [5.41, 5.74) is 4.04. The van der Waals surface area contributed by atoms with Crippen molar-refractivity contribution in [3.8, 4) is 0 Å². The van der Waals surface area contributed by atoms with E-state index >= 15 is 0 Å². The average molecular weight is 440 g/mol. The van der Waals surface area contributed by atoms with Crippen LogP contribution in [0.4, 0.5) is 5.69 Å². The summed E-state index contributed by atoms with van der Waals surface area (Å²) in [5, 5.41) is 8.13. The third kappa shape index (κ3) is 3.82. The van der Waals surface area contributed by atoms with Crippen LogP contribution in [0.1, 0.15) is 5.56 Å². The maximum Gasteiger partial charge on any atom is 0.238 e. The van der Waals surface area contributed by atoms with E-state index < -0.39 is 10.0 Å². The molecule has 0 amide bonds. The van der Waals surface area contributed by atoms with Crippen LogP contribution in [0, 0.1) is 0 Å². The van der Waals surface area contributed by atoms with Crippen molar-refractivity contribution in [1.82, 2.24) is 4.57 Å². The Kier molecular flexibility index (Phi) is 5.09. The van der Waals surface area contributed by atoms with E-state index in [1.165, 1.54) is 17.7 Å². The molecular weight excluding hydrogens is 418 g/mol. The van der Waals surface area contributed by atoms with Gasteiger partial charge in [0, 0.05) is 17.3 Å². The largest absolute Gasteiger partial charge is 0.336 e. The van der Waals surface area contributed by atoms with Crippen molar-refractivity contribution in [1.29, 1.82) is 0 Å². The quantitative estimate of drug-likeness (QED) is 0.411. The molecule has 0 bridgehead atoms. The second-order valence-corrected chi connectivity index (χ2v) is 9.17. The maximum absolute atomic E-state index is 11.6. The zero-order valence-electron chi connectivity index (χ0n) is 17.2. The lowest BCUT2D eigenvalue weighted by Crippen LogP contribution is -2.13. The Bertz CT molecular complexity index is 1550. The first-order valence-corrected chi connectivity index (χ1v) is 11.8. The van der Waals surface area contributed by atoms with Crippen molar-refractivity contribution >= 4 is 37.5 Å². The van der Waals surface area contributed by atoms with Gasteiger partial charge in [0.15, 0.2) is 0 Å². The number of fused-ring (bicyclic) bond motifs is 2. The highest BCUT2D eigenvalue weighted by atomic mass is 32.2. The van der Waals surface area contributed by atoms with E-state index in [0.29, 0.717) is 5.69 Å². The van der Waals surface area contributed by atoms with Gasteiger partial charge in [-0.1, -0.05) is 66.7 Å². The van der Waals surface area contributed by atoms with Gasteiger partial charge < -0.3 is 4.57 Å². The molecule has 0 spiro atoms. The maximum atomic E-state index is 11.6. The van der Waals surface area contributed by atoms with Gasteiger partial charge in [-0.25, -0.2) is 18.5 Å². The van der Waals surface area contributed by atoms with Crippen molar-refractivity contribution in [3.63, 3.8) is 0 Å². The van der Waals surface area contributed by atoms with Crippen LogP contribution in [0.5, 0.6) is 0 Å². The minimum atomic E-state index is -3.74. The van der Waals surface area contributed by atoms with E-state index in [0.717, 1.165) is 33.7 Å². The first kappa shape index (κ1) is 20.2. The molecular formula is C26H21N3O2S. The van der Waals surface area contributed by atoms with E-state index in [1.54, 1.807) is 12.1 Å². The molecule has 2 N–H and O–H groups in total. The third-order valence-electron chi connectivity index (χ3n) is 5.49. The SMILES string of the molecule is NS(=O)(=O)c1ccc(N=c2c3ccccc3n(Cc3ccccc3)c3ccccc23)cc1. The van der Waals surface area contributed by atoms with Crippen molar-refractivity contribution in [2.45, 2.75) is 11.4 Å². The standard InChI is InChI=1S/C26H21N3O2S/c27-32(30,31)21-16-14-20(15-17-21)28-26-22-10-4-6-12-24(22)29(18-19-8-2-1-3-9-19)25-13-7-5-11-23(25)26/h1-17H,18H2,(H2,27,30,31). The molecule has 1 heterocycles. The first-order chi connectivity index (χ1) is 15.5. The highest BCUT2D eigenvalue weighted by Gasteiger charge is 2.11. The summed E-state index contributed by atoms with van der Waals surface area (Å²) in [6, 6.07) is 33.1. The number of benzene rings is 4. The number of hydrogen-bond donors (Lipinski definition) is 1. The summed E-state index contributed by atoms with van der Waals surface area (Å²) in [7, 11) is -3.74. The lowest BCUT2D eigenvalue weighted by atomic mass is 10.1. The van der Waals surface area contributed by atoms with Gasteiger partial charge in [0.05, 0.1) is 27.0 Å². The van der Waals surface area contributed by atoms with E-state index in [2.05, 4.69) is 53.1 Å². The fraction of sp³-hybridized carbons (Fsp3) is 0.0385. The number of rotatable bonds is 4. The first-order valence-electron chi connectivity index (χ1n) is 10.2. The smallest absolute Gasteiger partial charge is 0.238 e. The van der Waals surface area contributed by atoms with Crippen LogP contribution in [-0.4, -0.2) is 13.0 Å². The Balaban J connectivity index is 1.79. The van der Waals surface area contributed by atoms with Crippen LogP contribution in [0.25, 0.3) is 21.8 Å².